The molecule has 0 aromatic rings. The molecule has 18 heavy (non-hydrogen) atoms. The monoisotopic (exact) mass is 277 g/mol. The van der Waals surface area contributed by atoms with Gasteiger partial charge in [0.25, 0.3) is 0 Å². The van der Waals surface area contributed by atoms with Gasteiger partial charge in [-0.1, -0.05) is 0 Å². The van der Waals surface area contributed by atoms with Crippen LogP contribution >= 0.6 is 0 Å². The topological polar surface area (TPSA) is 61.4 Å². The van der Waals surface area contributed by atoms with E-state index in [1.807, 2.05) is 7.05 Å². The Bertz CT molecular complexity index is 311. The largest absolute Gasteiger partial charge is 0.320 e. The van der Waals surface area contributed by atoms with Gasteiger partial charge in [-0.25, -0.2) is 13.1 Å². The minimum Gasteiger partial charge on any atom is -0.320 e. The minimum atomic E-state index is -3.07. The fraction of sp³-hybridized carbons (Fsp3) is 1.00. The van der Waals surface area contributed by atoms with Crippen LogP contribution in [0, 0.1) is 5.92 Å². The van der Waals surface area contributed by atoms with Crippen molar-refractivity contribution >= 4 is 10.0 Å². The van der Waals surface area contributed by atoms with Crippen LogP contribution in [0.2, 0.25) is 0 Å². The smallest absolute Gasteiger partial charge is 0.211 e. The number of sulfonamides is 1. The second kappa shape index (κ2) is 8.09. The van der Waals surface area contributed by atoms with Gasteiger partial charge < -0.3 is 10.2 Å². The number of nitrogens with one attached hydrogen (secondary N) is 2. The predicted molar refractivity (Wildman–Crippen MR) is 75.2 cm³/mol. The molecule has 1 saturated heterocycles. The summed E-state index contributed by atoms with van der Waals surface area (Å²) in [5.74, 6) is 0.759. The fourth-order valence-electron chi connectivity index (χ4n) is 2.18. The van der Waals surface area contributed by atoms with Gasteiger partial charge in [-0.3, -0.25) is 0 Å². The van der Waals surface area contributed by atoms with E-state index in [0.29, 0.717) is 12.5 Å². The molecule has 0 aromatic heterocycles. The lowest BCUT2D eigenvalue weighted by molar-refractivity contribution is 0.220. The molecule has 0 saturated carbocycles. The van der Waals surface area contributed by atoms with Gasteiger partial charge in [0.15, 0.2) is 0 Å². The van der Waals surface area contributed by atoms with Crippen molar-refractivity contribution < 1.29 is 8.42 Å². The van der Waals surface area contributed by atoms with Crippen molar-refractivity contribution in [1.82, 2.24) is 14.9 Å². The average Bonchev–Trinajstić information content (AvgIpc) is 2.34. The zero-order valence-electron chi connectivity index (χ0n) is 11.6. The summed E-state index contributed by atoms with van der Waals surface area (Å²) in [6.45, 7) is 3.65. The number of nitrogens with zero attached hydrogens (tertiary/aromatic N) is 1. The molecule has 5 nitrogen and oxygen atoms in total. The molecule has 0 bridgehead atoms. The molecule has 0 aromatic carbocycles. The molecule has 0 radical (unpaired) electrons. The Balaban J connectivity index is 2.16. The Hall–Kier alpha value is -0.170. The van der Waals surface area contributed by atoms with Crippen molar-refractivity contribution in [3.63, 3.8) is 0 Å². The molecule has 1 aliphatic rings. The number of piperidine rings is 1. The van der Waals surface area contributed by atoms with E-state index in [1.54, 1.807) is 0 Å². The lowest BCUT2D eigenvalue weighted by Crippen LogP contribution is -2.37. The van der Waals surface area contributed by atoms with E-state index in [0.717, 1.165) is 45.3 Å². The first-order chi connectivity index (χ1) is 8.53. The lowest BCUT2D eigenvalue weighted by Gasteiger charge is -2.28. The van der Waals surface area contributed by atoms with Gasteiger partial charge in [-0.2, -0.15) is 0 Å². The molecule has 2 N–H and O–H groups in total. The van der Waals surface area contributed by atoms with E-state index >= 15 is 0 Å². The standard InChI is InChI=1S/C12H27N3O2S/c1-13-7-3-4-10-18(16,17)14-11-12-5-8-15(2)9-6-12/h12-14H,3-11H2,1-2H3. The number of hydrogen-bond donors (Lipinski definition) is 2. The second-order valence-corrected chi connectivity index (χ2v) is 7.15. The highest BCUT2D eigenvalue weighted by atomic mass is 32.2. The van der Waals surface area contributed by atoms with Crippen molar-refractivity contribution in [2.75, 3.05) is 46.0 Å². The van der Waals surface area contributed by atoms with Gasteiger partial charge in [-0.15, -0.1) is 0 Å². The van der Waals surface area contributed by atoms with Crippen LogP contribution in [0.25, 0.3) is 0 Å². The Morgan fingerprint density at radius 1 is 1.22 bits per heavy atom. The van der Waals surface area contributed by atoms with E-state index in [1.165, 1.54) is 0 Å². The Morgan fingerprint density at radius 3 is 2.50 bits per heavy atom. The Labute approximate surface area is 111 Å². The first-order valence-corrected chi connectivity index (χ1v) is 8.49. The minimum absolute atomic E-state index is 0.251. The van der Waals surface area contributed by atoms with Gasteiger partial charge in [0, 0.05) is 6.54 Å². The van der Waals surface area contributed by atoms with E-state index in [9.17, 15) is 8.42 Å². The van der Waals surface area contributed by atoms with E-state index in [-0.39, 0.29) is 5.75 Å². The maximum absolute atomic E-state index is 11.8. The number of likely N-dealkylation sites (tertiary alicyclic amines) is 1. The van der Waals surface area contributed by atoms with E-state index in [4.69, 9.17) is 0 Å². The van der Waals surface area contributed by atoms with Crippen LogP contribution < -0.4 is 10.0 Å². The number of rotatable bonds is 8. The highest BCUT2D eigenvalue weighted by molar-refractivity contribution is 7.89. The van der Waals surface area contributed by atoms with Gasteiger partial charge >= 0.3 is 0 Å². The summed E-state index contributed by atoms with van der Waals surface area (Å²) < 4.78 is 26.3. The van der Waals surface area contributed by atoms with Crippen LogP contribution in [0.5, 0.6) is 0 Å². The van der Waals surface area contributed by atoms with E-state index < -0.39 is 10.0 Å². The summed E-state index contributed by atoms with van der Waals surface area (Å²) in [6, 6.07) is 0. The lowest BCUT2D eigenvalue weighted by atomic mass is 9.98. The summed E-state index contributed by atoms with van der Waals surface area (Å²) >= 11 is 0. The van der Waals surface area contributed by atoms with Crippen molar-refractivity contribution in [3.8, 4) is 0 Å². The van der Waals surface area contributed by atoms with Crippen LogP contribution in [-0.4, -0.2) is 59.3 Å². The van der Waals surface area contributed by atoms with Gasteiger partial charge in [0.2, 0.25) is 10.0 Å². The molecular formula is C12H27N3O2S. The van der Waals surface area contributed by atoms with Gasteiger partial charge in [0.05, 0.1) is 5.75 Å². The SMILES string of the molecule is CNCCCCS(=O)(=O)NCC1CCN(C)CC1. The quantitative estimate of drug-likeness (QED) is 0.624. The summed E-state index contributed by atoms with van der Waals surface area (Å²) in [5.41, 5.74) is 0. The molecule has 0 atom stereocenters. The maximum atomic E-state index is 11.8. The van der Waals surface area contributed by atoms with Crippen LogP contribution in [0.1, 0.15) is 25.7 Å². The van der Waals surface area contributed by atoms with Crippen LogP contribution in [-0.2, 0) is 10.0 Å². The summed E-state index contributed by atoms with van der Waals surface area (Å²) in [6.07, 6.45) is 3.83. The molecule has 6 heteroatoms. The molecule has 1 aliphatic heterocycles. The third-order valence-corrected chi connectivity index (χ3v) is 4.95. The van der Waals surface area contributed by atoms with Gasteiger partial charge in [0.1, 0.15) is 0 Å². The van der Waals surface area contributed by atoms with E-state index in [2.05, 4.69) is 22.0 Å². The first kappa shape index (κ1) is 15.9. The molecule has 0 amide bonds. The summed E-state index contributed by atoms with van der Waals surface area (Å²) in [5, 5.41) is 3.02. The molecular weight excluding hydrogens is 250 g/mol. The third kappa shape index (κ3) is 6.68. The number of hydrogen-bond acceptors (Lipinski definition) is 4. The van der Waals surface area contributed by atoms with Crippen molar-refractivity contribution in [2.45, 2.75) is 25.7 Å². The first-order valence-electron chi connectivity index (χ1n) is 6.84. The molecule has 108 valence electrons. The summed E-state index contributed by atoms with van der Waals surface area (Å²) in [7, 11) is 0.929. The molecule has 1 fully saturated rings. The third-order valence-electron chi connectivity index (χ3n) is 3.52. The maximum Gasteiger partial charge on any atom is 0.211 e. The molecule has 1 heterocycles. The van der Waals surface area contributed by atoms with Crippen molar-refractivity contribution in [2.24, 2.45) is 5.92 Å². The Kier molecular flexibility index (Phi) is 7.14. The highest BCUT2D eigenvalue weighted by Crippen LogP contribution is 2.15. The van der Waals surface area contributed by atoms with Crippen LogP contribution in [0.4, 0.5) is 0 Å². The van der Waals surface area contributed by atoms with Crippen molar-refractivity contribution in [3.05, 3.63) is 0 Å². The molecule has 0 aliphatic carbocycles. The van der Waals surface area contributed by atoms with Gasteiger partial charge in [-0.05, 0) is 65.3 Å². The molecule has 1 rings (SSSR count). The molecule has 0 spiro atoms. The highest BCUT2D eigenvalue weighted by Gasteiger charge is 2.18. The Morgan fingerprint density at radius 2 is 1.89 bits per heavy atom. The predicted octanol–water partition coefficient (Wildman–Crippen LogP) is 0.247. The molecule has 0 unspecified atom stereocenters. The normalized spacial score (nSPS) is 19.2. The zero-order valence-corrected chi connectivity index (χ0v) is 12.4. The van der Waals surface area contributed by atoms with Crippen LogP contribution in [0.15, 0.2) is 0 Å². The fourth-order valence-corrected chi connectivity index (χ4v) is 3.40. The second-order valence-electron chi connectivity index (χ2n) is 5.22. The summed E-state index contributed by atoms with van der Waals surface area (Å²) in [4.78, 5) is 2.29. The van der Waals surface area contributed by atoms with Crippen LogP contribution in [0.3, 0.4) is 0 Å². The average molecular weight is 277 g/mol. The number of unbranched alkanes of at least 4 members (excludes halogenated alkanes) is 1. The zero-order chi connectivity index (χ0) is 13.4. The van der Waals surface area contributed by atoms with Crippen molar-refractivity contribution in [1.29, 1.82) is 0 Å².